The topological polar surface area (TPSA) is 58.9 Å². The zero-order valence-electron chi connectivity index (χ0n) is 7.53. The summed E-state index contributed by atoms with van der Waals surface area (Å²) in [4.78, 5) is 14.1. The Morgan fingerprint density at radius 2 is 1.71 bits per heavy atom. The zero-order chi connectivity index (χ0) is 9.97. The van der Waals surface area contributed by atoms with Crippen molar-refractivity contribution in [3.05, 3.63) is 52.9 Å². The molecule has 0 bridgehead atoms. The minimum absolute atomic E-state index is 0.120. The predicted molar refractivity (Wildman–Crippen MR) is 56.9 cm³/mol. The largest absolute Gasteiger partial charge is 0.398 e. The van der Waals surface area contributed by atoms with Gasteiger partial charge in [0.1, 0.15) is 0 Å². The maximum absolute atomic E-state index is 11.5. The summed E-state index contributed by atoms with van der Waals surface area (Å²) < 4.78 is 0. The molecule has 3 nitrogen and oxygen atoms in total. The van der Waals surface area contributed by atoms with E-state index in [1.165, 1.54) is 0 Å². The standard InChI is InChI=1S/C11H10N2O/c12-10-6-2-1-4-8(10)9-5-3-7-13-11(9)14/h1-7H,12H2,(H,13,14). The summed E-state index contributed by atoms with van der Waals surface area (Å²) in [5, 5.41) is 0. The lowest BCUT2D eigenvalue weighted by Gasteiger charge is -2.03. The molecule has 3 N–H and O–H groups in total. The third-order valence-corrected chi connectivity index (χ3v) is 2.07. The van der Waals surface area contributed by atoms with Crippen LogP contribution in [0.25, 0.3) is 11.1 Å². The first-order valence-electron chi connectivity index (χ1n) is 4.31. The Hall–Kier alpha value is -2.03. The molecular weight excluding hydrogens is 176 g/mol. The van der Waals surface area contributed by atoms with Gasteiger partial charge in [0, 0.05) is 23.0 Å². The van der Waals surface area contributed by atoms with Crippen molar-refractivity contribution in [3.63, 3.8) is 0 Å². The Kier molecular flexibility index (Phi) is 2.07. The summed E-state index contributed by atoms with van der Waals surface area (Å²) in [7, 11) is 0. The Morgan fingerprint density at radius 3 is 2.43 bits per heavy atom. The van der Waals surface area contributed by atoms with Crippen molar-refractivity contribution >= 4 is 5.69 Å². The smallest absolute Gasteiger partial charge is 0.255 e. The Bertz CT molecular complexity index is 502. The van der Waals surface area contributed by atoms with Gasteiger partial charge >= 0.3 is 0 Å². The van der Waals surface area contributed by atoms with Crippen molar-refractivity contribution in [3.8, 4) is 11.1 Å². The van der Waals surface area contributed by atoms with E-state index in [2.05, 4.69) is 4.98 Å². The van der Waals surface area contributed by atoms with Gasteiger partial charge < -0.3 is 10.7 Å². The van der Waals surface area contributed by atoms with Gasteiger partial charge in [-0.15, -0.1) is 0 Å². The van der Waals surface area contributed by atoms with Crippen LogP contribution in [0.5, 0.6) is 0 Å². The number of anilines is 1. The molecule has 0 aliphatic carbocycles. The molecule has 0 radical (unpaired) electrons. The van der Waals surface area contributed by atoms with E-state index < -0.39 is 0 Å². The highest BCUT2D eigenvalue weighted by Gasteiger charge is 2.04. The second-order valence-electron chi connectivity index (χ2n) is 3.00. The molecule has 1 aromatic carbocycles. The van der Waals surface area contributed by atoms with E-state index in [0.29, 0.717) is 11.3 Å². The second kappa shape index (κ2) is 3.38. The summed E-state index contributed by atoms with van der Waals surface area (Å²) in [6.07, 6.45) is 1.60. The van der Waals surface area contributed by atoms with Gasteiger partial charge in [-0.2, -0.15) is 0 Å². The summed E-state index contributed by atoms with van der Waals surface area (Å²) in [5.41, 5.74) is 7.64. The highest BCUT2D eigenvalue weighted by atomic mass is 16.1. The summed E-state index contributed by atoms with van der Waals surface area (Å²) >= 11 is 0. The van der Waals surface area contributed by atoms with Crippen LogP contribution in [0.3, 0.4) is 0 Å². The molecule has 0 unspecified atom stereocenters. The predicted octanol–water partition coefficient (Wildman–Crippen LogP) is 1.62. The first kappa shape index (κ1) is 8.56. The van der Waals surface area contributed by atoms with Crippen LogP contribution in [-0.2, 0) is 0 Å². The van der Waals surface area contributed by atoms with Crippen LogP contribution in [0, 0.1) is 0 Å². The Labute approximate surface area is 81.2 Å². The number of aromatic amines is 1. The van der Waals surface area contributed by atoms with Gasteiger partial charge in [0.15, 0.2) is 0 Å². The van der Waals surface area contributed by atoms with Gasteiger partial charge in [0.25, 0.3) is 5.56 Å². The van der Waals surface area contributed by atoms with Crippen LogP contribution in [0.2, 0.25) is 0 Å². The fraction of sp³-hybridized carbons (Fsp3) is 0. The maximum atomic E-state index is 11.5. The Balaban J connectivity index is 2.67. The van der Waals surface area contributed by atoms with E-state index in [9.17, 15) is 4.79 Å². The molecule has 2 aromatic rings. The maximum Gasteiger partial charge on any atom is 0.255 e. The fourth-order valence-electron chi connectivity index (χ4n) is 1.38. The molecule has 0 fully saturated rings. The lowest BCUT2D eigenvalue weighted by atomic mass is 10.1. The minimum Gasteiger partial charge on any atom is -0.398 e. The molecule has 0 aliphatic heterocycles. The number of nitrogen functional groups attached to an aromatic ring is 1. The molecular formula is C11H10N2O. The molecule has 0 atom stereocenters. The molecule has 2 rings (SSSR count). The van der Waals surface area contributed by atoms with Crippen molar-refractivity contribution in [1.82, 2.24) is 4.98 Å². The first-order valence-corrected chi connectivity index (χ1v) is 4.31. The molecule has 0 amide bonds. The van der Waals surface area contributed by atoms with Gasteiger partial charge in [0.2, 0.25) is 0 Å². The highest BCUT2D eigenvalue weighted by molar-refractivity contribution is 5.75. The van der Waals surface area contributed by atoms with Crippen LogP contribution in [0.1, 0.15) is 0 Å². The van der Waals surface area contributed by atoms with E-state index in [4.69, 9.17) is 5.73 Å². The molecule has 14 heavy (non-hydrogen) atoms. The molecule has 70 valence electrons. The third kappa shape index (κ3) is 1.40. The monoisotopic (exact) mass is 186 g/mol. The van der Waals surface area contributed by atoms with E-state index in [1.54, 1.807) is 24.4 Å². The van der Waals surface area contributed by atoms with E-state index in [0.717, 1.165) is 5.56 Å². The number of benzene rings is 1. The zero-order valence-corrected chi connectivity index (χ0v) is 7.53. The fourth-order valence-corrected chi connectivity index (χ4v) is 1.38. The van der Waals surface area contributed by atoms with Crippen molar-refractivity contribution in [2.75, 3.05) is 5.73 Å². The van der Waals surface area contributed by atoms with E-state index in [1.807, 2.05) is 18.2 Å². The van der Waals surface area contributed by atoms with Gasteiger partial charge in [0.05, 0.1) is 0 Å². The number of hydrogen-bond donors (Lipinski definition) is 2. The molecule has 1 aromatic heterocycles. The van der Waals surface area contributed by atoms with Gasteiger partial charge in [-0.25, -0.2) is 0 Å². The van der Waals surface area contributed by atoms with Crippen LogP contribution in [-0.4, -0.2) is 4.98 Å². The molecule has 1 heterocycles. The Morgan fingerprint density at radius 1 is 1.00 bits per heavy atom. The van der Waals surface area contributed by atoms with Crippen LogP contribution >= 0.6 is 0 Å². The molecule has 0 saturated carbocycles. The van der Waals surface area contributed by atoms with E-state index >= 15 is 0 Å². The number of hydrogen-bond acceptors (Lipinski definition) is 2. The normalized spacial score (nSPS) is 10.0. The molecule has 3 heteroatoms. The van der Waals surface area contributed by atoms with E-state index in [-0.39, 0.29) is 5.56 Å². The summed E-state index contributed by atoms with van der Waals surface area (Å²) in [5.74, 6) is 0. The van der Waals surface area contributed by atoms with Gasteiger partial charge in [-0.3, -0.25) is 4.79 Å². The quantitative estimate of drug-likeness (QED) is 0.665. The van der Waals surface area contributed by atoms with Gasteiger partial charge in [-0.05, 0) is 18.2 Å². The number of para-hydroxylation sites is 1. The minimum atomic E-state index is -0.120. The molecule has 0 spiro atoms. The van der Waals surface area contributed by atoms with Crippen molar-refractivity contribution < 1.29 is 0 Å². The average molecular weight is 186 g/mol. The molecule has 0 saturated heterocycles. The number of pyridine rings is 1. The number of rotatable bonds is 1. The highest BCUT2D eigenvalue weighted by Crippen LogP contribution is 2.21. The summed E-state index contributed by atoms with van der Waals surface area (Å²) in [6, 6.07) is 10.9. The van der Waals surface area contributed by atoms with Crippen LogP contribution < -0.4 is 11.3 Å². The number of aromatic nitrogens is 1. The van der Waals surface area contributed by atoms with Crippen molar-refractivity contribution in [1.29, 1.82) is 0 Å². The van der Waals surface area contributed by atoms with Crippen LogP contribution in [0.15, 0.2) is 47.4 Å². The number of nitrogens with two attached hydrogens (primary N) is 1. The summed E-state index contributed by atoms with van der Waals surface area (Å²) in [6.45, 7) is 0. The van der Waals surface area contributed by atoms with Crippen molar-refractivity contribution in [2.24, 2.45) is 0 Å². The van der Waals surface area contributed by atoms with Crippen LogP contribution in [0.4, 0.5) is 5.69 Å². The van der Waals surface area contributed by atoms with Gasteiger partial charge in [-0.1, -0.05) is 18.2 Å². The third-order valence-electron chi connectivity index (χ3n) is 2.07. The number of H-pyrrole nitrogens is 1. The number of nitrogens with one attached hydrogen (secondary N) is 1. The molecule has 0 aliphatic rings. The first-order chi connectivity index (χ1) is 6.79. The van der Waals surface area contributed by atoms with Crippen molar-refractivity contribution in [2.45, 2.75) is 0 Å². The lowest BCUT2D eigenvalue weighted by molar-refractivity contribution is 1.24. The SMILES string of the molecule is Nc1ccccc1-c1ccc[nH]c1=O. The average Bonchev–Trinajstić information content (AvgIpc) is 2.20. The second-order valence-corrected chi connectivity index (χ2v) is 3.00. The lowest BCUT2D eigenvalue weighted by Crippen LogP contribution is -2.07.